The van der Waals surface area contributed by atoms with E-state index in [1.54, 1.807) is 6.08 Å². The van der Waals surface area contributed by atoms with Crippen molar-refractivity contribution >= 4 is 23.0 Å². The minimum absolute atomic E-state index is 0.0310. The summed E-state index contributed by atoms with van der Waals surface area (Å²) in [6, 6.07) is 18.3. The van der Waals surface area contributed by atoms with Crippen LogP contribution in [-0.4, -0.2) is 22.0 Å². The van der Waals surface area contributed by atoms with Gasteiger partial charge in [0.2, 0.25) is 5.91 Å². The molecule has 0 atom stereocenters. The molecule has 0 spiro atoms. The van der Waals surface area contributed by atoms with Gasteiger partial charge in [-0.3, -0.25) is 4.79 Å². The second kappa shape index (κ2) is 12.0. The summed E-state index contributed by atoms with van der Waals surface area (Å²) in [7, 11) is 0. The largest absolute Gasteiger partial charge is 0.353 e. The summed E-state index contributed by atoms with van der Waals surface area (Å²) in [6.45, 7) is 4.00. The number of nitrogens with one attached hydrogen (secondary N) is 1. The zero-order valence-electron chi connectivity index (χ0n) is 18.0. The molecule has 30 heavy (non-hydrogen) atoms. The summed E-state index contributed by atoms with van der Waals surface area (Å²) in [4.78, 5) is 16.8. The maximum Gasteiger partial charge on any atom is 0.243 e. The molecule has 1 aromatic heterocycles. The van der Waals surface area contributed by atoms with Gasteiger partial charge in [-0.1, -0.05) is 68.7 Å². The quantitative estimate of drug-likeness (QED) is 0.308. The molecule has 4 nitrogen and oxygen atoms in total. The number of aromatic nitrogens is 2. The van der Waals surface area contributed by atoms with Gasteiger partial charge < -0.3 is 9.88 Å². The molecular formula is C26H33N3O. The van der Waals surface area contributed by atoms with Crippen LogP contribution in [0.2, 0.25) is 0 Å². The van der Waals surface area contributed by atoms with E-state index in [1.807, 2.05) is 36.4 Å². The van der Waals surface area contributed by atoms with Crippen LogP contribution in [0.15, 0.2) is 60.7 Å². The van der Waals surface area contributed by atoms with E-state index >= 15 is 0 Å². The number of amides is 1. The Morgan fingerprint density at radius 1 is 0.967 bits per heavy atom. The number of carbonyl (C=O) groups excluding carboxylic acids is 1. The summed E-state index contributed by atoms with van der Waals surface area (Å²) >= 11 is 0. The van der Waals surface area contributed by atoms with Crippen molar-refractivity contribution in [1.82, 2.24) is 14.9 Å². The number of rotatable bonds is 12. The predicted octanol–water partition coefficient (Wildman–Crippen LogP) is 5.77. The molecule has 0 fully saturated rings. The fourth-order valence-corrected chi connectivity index (χ4v) is 3.68. The Bertz CT molecular complexity index is 943. The zero-order chi connectivity index (χ0) is 21.0. The lowest BCUT2D eigenvalue weighted by Crippen LogP contribution is -2.22. The third kappa shape index (κ3) is 6.58. The number of nitrogens with zero attached hydrogens (tertiary/aromatic N) is 2. The molecule has 1 amide bonds. The second-order valence-electron chi connectivity index (χ2n) is 7.72. The molecule has 0 saturated carbocycles. The highest BCUT2D eigenvalue weighted by Gasteiger charge is 2.09. The van der Waals surface area contributed by atoms with Gasteiger partial charge in [-0.2, -0.15) is 0 Å². The van der Waals surface area contributed by atoms with Crippen LogP contribution in [0.3, 0.4) is 0 Å². The first-order chi connectivity index (χ1) is 14.8. The standard InChI is InChI=1S/C26H33N3O/c1-2-3-12-21-29-24-16-10-9-15-23(24)28-25(29)17-8-5-11-20-27-26(30)19-18-22-13-6-4-7-14-22/h4,6-7,9-10,13-16,18-19H,2-3,5,8,11-12,17,20-21H2,1H3,(H,27,30)/b19-18+. The van der Waals surface area contributed by atoms with E-state index in [1.165, 1.54) is 30.6 Å². The second-order valence-corrected chi connectivity index (χ2v) is 7.72. The fourth-order valence-electron chi connectivity index (χ4n) is 3.68. The van der Waals surface area contributed by atoms with Crippen molar-refractivity contribution in [1.29, 1.82) is 0 Å². The Kier molecular flexibility index (Phi) is 8.70. The van der Waals surface area contributed by atoms with Gasteiger partial charge in [-0.05, 0) is 43.0 Å². The third-order valence-corrected chi connectivity index (χ3v) is 5.32. The molecule has 0 radical (unpaired) electrons. The highest BCUT2D eigenvalue weighted by atomic mass is 16.1. The van der Waals surface area contributed by atoms with Gasteiger partial charge in [0, 0.05) is 25.6 Å². The minimum Gasteiger partial charge on any atom is -0.353 e. The molecule has 0 unspecified atom stereocenters. The van der Waals surface area contributed by atoms with Crippen molar-refractivity contribution in [2.75, 3.05) is 6.54 Å². The Balaban J connectivity index is 1.41. The molecule has 4 heteroatoms. The van der Waals surface area contributed by atoms with Crippen LogP contribution < -0.4 is 5.32 Å². The number of fused-ring (bicyclic) bond motifs is 1. The first kappa shape index (κ1) is 21.8. The zero-order valence-corrected chi connectivity index (χ0v) is 18.0. The van der Waals surface area contributed by atoms with Crippen molar-refractivity contribution in [3.8, 4) is 0 Å². The van der Waals surface area contributed by atoms with Crippen LogP contribution in [-0.2, 0) is 17.8 Å². The number of para-hydroxylation sites is 2. The molecule has 158 valence electrons. The van der Waals surface area contributed by atoms with Gasteiger partial charge in [0.25, 0.3) is 0 Å². The van der Waals surface area contributed by atoms with E-state index in [9.17, 15) is 4.79 Å². The van der Waals surface area contributed by atoms with Crippen molar-refractivity contribution in [2.24, 2.45) is 0 Å². The van der Waals surface area contributed by atoms with Gasteiger partial charge in [0.05, 0.1) is 11.0 Å². The number of aryl methyl sites for hydroxylation is 2. The Hall–Kier alpha value is -2.88. The number of benzene rings is 2. The molecule has 1 heterocycles. The van der Waals surface area contributed by atoms with Crippen LogP contribution in [0, 0.1) is 0 Å². The molecule has 0 saturated heterocycles. The van der Waals surface area contributed by atoms with Gasteiger partial charge in [0.1, 0.15) is 5.82 Å². The molecule has 0 bridgehead atoms. The van der Waals surface area contributed by atoms with E-state index in [-0.39, 0.29) is 5.91 Å². The number of hydrogen-bond acceptors (Lipinski definition) is 2. The minimum atomic E-state index is -0.0310. The lowest BCUT2D eigenvalue weighted by atomic mass is 10.2. The smallest absolute Gasteiger partial charge is 0.243 e. The van der Waals surface area contributed by atoms with Gasteiger partial charge in [-0.25, -0.2) is 4.98 Å². The normalized spacial score (nSPS) is 11.4. The molecule has 3 rings (SSSR count). The van der Waals surface area contributed by atoms with Crippen LogP contribution in [0.25, 0.3) is 17.1 Å². The maximum absolute atomic E-state index is 11.9. The van der Waals surface area contributed by atoms with E-state index in [4.69, 9.17) is 4.98 Å². The van der Waals surface area contributed by atoms with E-state index in [0.29, 0.717) is 6.54 Å². The fraction of sp³-hybridized carbons (Fsp3) is 0.385. The topological polar surface area (TPSA) is 46.9 Å². The van der Waals surface area contributed by atoms with Crippen molar-refractivity contribution in [3.63, 3.8) is 0 Å². The van der Waals surface area contributed by atoms with Crippen LogP contribution in [0.1, 0.15) is 56.8 Å². The molecule has 0 aliphatic heterocycles. The highest BCUT2D eigenvalue weighted by Crippen LogP contribution is 2.19. The first-order valence-electron chi connectivity index (χ1n) is 11.2. The molecule has 2 aromatic carbocycles. The number of carbonyl (C=O) groups is 1. The molecule has 0 aliphatic carbocycles. The lowest BCUT2D eigenvalue weighted by molar-refractivity contribution is -0.116. The molecular weight excluding hydrogens is 370 g/mol. The number of imidazole rings is 1. The average molecular weight is 404 g/mol. The van der Waals surface area contributed by atoms with E-state index < -0.39 is 0 Å². The number of unbranched alkanes of at least 4 members (excludes halogenated alkanes) is 4. The third-order valence-electron chi connectivity index (χ3n) is 5.32. The van der Waals surface area contributed by atoms with Crippen molar-refractivity contribution in [3.05, 3.63) is 72.1 Å². The van der Waals surface area contributed by atoms with Gasteiger partial charge >= 0.3 is 0 Å². The molecule has 0 aliphatic rings. The highest BCUT2D eigenvalue weighted by molar-refractivity contribution is 5.91. The van der Waals surface area contributed by atoms with Crippen LogP contribution in [0.5, 0.6) is 0 Å². The molecule has 3 aromatic rings. The Morgan fingerprint density at radius 2 is 1.77 bits per heavy atom. The summed E-state index contributed by atoms with van der Waals surface area (Å²) in [6.07, 6.45) is 11.3. The van der Waals surface area contributed by atoms with Crippen LogP contribution in [0.4, 0.5) is 0 Å². The monoisotopic (exact) mass is 403 g/mol. The Morgan fingerprint density at radius 3 is 2.60 bits per heavy atom. The summed E-state index contributed by atoms with van der Waals surface area (Å²) in [5.74, 6) is 1.17. The van der Waals surface area contributed by atoms with Gasteiger partial charge in [-0.15, -0.1) is 0 Å². The summed E-state index contributed by atoms with van der Waals surface area (Å²) in [5, 5.41) is 2.97. The predicted molar refractivity (Wildman–Crippen MR) is 125 cm³/mol. The summed E-state index contributed by atoms with van der Waals surface area (Å²) in [5.41, 5.74) is 3.39. The van der Waals surface area contributed by atoms with E-state index in [2.05, 4.69) is 41.1 Å². The first-order valence-corrected chi connectivity index (χ1v) is 11.2. The van der Waals surface area contributed by atoms with Crippen LogP contribution >= 0.6 is 0 Å². The van der Waals surface area contributed by atoms with Gasteiger partial charge in [0.15, 0.2) is 0 Å². The SMILES string of the molecule is CCCCCn1c(CCCCCNC(=O)/C=C/c2ccccc2)nc2ccccc21. The number of hydrogen-bond donors (Lipinski definition) is 1. The lowest BCUT2D eigenvalue weighted by Gasteiger charge is -2.09. The van der Waals surface area contributed by atoms with Crippen molar-refractivity contribution < 1.29 is 4.79 Å². The average Bonchev–Trinajstić information content (AvgIpc) is 3.13. The van der Waals surface area contributed by atoms with Crippen molar-refractivity contribution in [2.45, 2.75) is 58.4 Å². The maximum atomic E-state index is 11.9. The van der Waals surface area contributed by atoms with E-state index in [0.717, 1.165) is 43.3 Å². The molecule has 1 N–H and O–H groups in total. The summed E-state index contributed by atoms with van der Waals surface area (Å²) < 4.78 is 2.40. The Labute approximate surface area is 180 Å².